The third-order valence-electron chi connectivity index (χ3n) is 1.59. The van der Waals surface area contributed by atoms with E-state index in [1.807, 2.05) is 18.4 Å². The molecule has 0 radical (unpaired) electrons. The number of hydrazone groups is 1. The summed E-state index contributed by atoms with van der Waals surface area (Å²) in [5.74, 6) is 5.68. The fourth-order valence-electron chi connectivity index (χ4n) is 0.881. The van der Waals surface area contributed by atoms with E-state index in [-0.39, 0.29) is 5.41 Å². The summed E-state index contributed by atoms with van der Waals surface area (Å²) in [5, 5.41) is 3.50. The van der Waals surface area contributed by atoms with Crippen LogP contribution in [-0.2, 0) is 0 Å². The van der Waals surface area contributed by atoms with Crippen LogP contribution in [0, 0.1) is 5.41 Å². The van der Waals surface area contributed by atoms with E-state index in [4.69, 9.17) is 5.84 Å². The lowest BCUT2D eigenvalue weighted by molar-refractivity contribution is 0.548. The molecule has 0 amide bonds. The van der Waals surface area contributed by atoms with Crippen LogP contribution in [-0.4, -0.2) is 12.1 Å². The van der Waals surface area contributed by atoms with Crippen LogP contribution in [0.5, 0.6) is 0 Å². The van der Waals surface area contributed by atoms with Crippen molar-refractivity contribution < 1.29 is 0 Å². The highest BCUT2D eigenvalue weighted by Crippen LogP contribution is 2.19. The van der Waals surface area contributed by atoms with Crippen molar-refractivity contribution in [2.24, 2.45) is 21.4 Å². The molecular weight excluding hydrogens is 138 g/mol. The lowest BCUT2D eigenvalue weighted by atomic mass is 9.91. The second-order valence-corrected chi connectivity index (χ2v) is 3.34. The van der Waals surface area contributed by atoms with Crippen molar-refractivity contribution in [3.05, 3.63) is 12.2 Å². The Bertz CT molecular complexity index is 223. The molecule has 60 valence electrons. The minimum atomic E-state index is 0.128. The predicted octanol–water partition coefficient (Wildman–Crippen LogP) is 1.32. The number of nitrogens with zero attached hydrogens (tertiary/aromatic N) is 2. The topological polar surface area (TPSA) is 50.7 Å². The molecule has 0 spiro atoms. The Labute approximate surface area is 66.7 Å². The highest BCUT2D eigenvalue weighted by molar-refractivity contribution is 5.99. The largest absolute Gasteiger partial charge is 0.321 e. The lowest BCUT2D eigenvalue weighted by Gasteiger charge is -2.13. The Morgan fingerprint density at radius 3 is 3.00 bits per heavy atom. The zero-order chi connectivity index (χ0) is 8.32. The minimum Gasteiger partial charge on any atom is -0.321 e. The molecule has 0 bridgehead atoms. The first-order chi connectivity index (χ1) is 5.14. The van der Waals surface area contributed by atoms with Gasteiger partial charge in [-0.15, -0.1) is 0 Å². The molecule has 3 nitrogen and oxygen atoms in total. The van der Waals surface area contributed by atoms with Crippen LogP contribution in [0.15, 0.2) is 22.2 Å². The maximum absolute atomic E-state index is 5.08. The highest BCUT2D eigenvalue weighted by atomic mass is 15.2. The number of allylic oxidation sites excluding steroid dienone is 1. The van der Waals surface area contributed by atoms with Gasteiger partial charge in [-0.05, 0) is 12.5 Å². The fourth-order valence-corrected chi connectivity index (χ4v) is 0.881. The van der Waals surface area contributed by atoms with Gasteiger partial charge in [0.05, 0.1) is 0 Å². The third-order valence-corrected chi connectivity index (χ3v) is 1.59. The van der Waals surface area contributed by atoms with Crippen LogP contribution in [0.2, 0.25) is 0 Å². The molecule has 1 aliphatic heterocycles. The highest BCUT2D eigenvalue weighted by Gasteiger charge is 2.14. The molecule has 3 heteroatoms. The van der Waals surface area contributed by atoms with Gasteiger partial charge in [0.1, 0.15) is 0 Å². The smallest absolute Gasteiger partial charge is 0.170 e. The molecule has 0 aliphatic carbocycles. The van der Waals surface area contributed by atoms with Crippen LogP contribution in [0.25, 0.3) is 0 Å². The molecule has 0 unspecified atom stereocenters. The monoisotopic (exact) mass is 151 g/mol. The molecule has 0 fully saturated rings. The maximum atomic E-state index is 5.08. The molecule has 2 N–H and O–H groups in total. The van der Waals surface area contributed by atoms with Crippen molar-refractivity contribution in [3.63, 3.8) is 0 Å². The number of amidine groups is 1. The summed E-state index contributed by atoms with van der Waals surface area (Å²) >= 11 is 0. The minimum absolute atomic E-state index is 0.128. The molecule has 0 atom stereocenters. The number of rotatable bonds is 0. The predicted molar refractivity (Wildman–Crippen MR) is 47.7 cm³/mol. The standard InChI is InChI=1S/C8H13N3/c1-8(2)5-3-4-7(11-9)10-6-8/h3-4,6H,5,9H2,1-2H3/b11-7-. The van der Waals surface area contributed by atoms with E-state index < -0.39 is 0 Å². The molecular formula is C8H13N3. The summed E-state index contributed by atoms with van der Waals surface area (Å²) in [4.78, 5) is 4.11. The van der Waals surface area contributed by atoms with Gasteiger partial charge in [0.2, 0.25) is 0 Å². The average molecular weight is 151 g/mol. The Kier molecular flexibility index (Phi) is 2.08. The second-order valence-electron chi connectivity index (χ2n) is 3.34. The van der Waals surface area contributed by atoms with E-state index in [1.54, 1.807) is 0 Å². The Morgan fingerprint density at radius 1 is 1.64 bits per heavy atom. The van der Waals surface area contributed by atoms with Crippen molar-refractivity contribution >= 4 is 12.1 Å². The molecule has 0 saturated carbocycles. The number of nitrogens with two attached hydrogens (primary N) is 1. The molecule has 1 aliphatic rings. The summed E-state index contributed by atoms with van der Waals surface area (Å²) in [6.07, 6.45) is 6.75. The van der Waals surface area contributed by atoms with Crippen LogP contribution in [0.1, 0.15) is 20.3 Å². The van der Waals surface area contributed by atoms with Gasteiger partial charge in [0.25, 0.3) is 0 Å². The second kappa shape index (κ2) is 2.86. The summed E-state index contributed by atoms with van der Waals surface area (Å²) in [7, 11) is 0. The number of hydrogen-bond donors (Lipinski definition) is 1. The first-order valence-electron chi connectivity index (χ1n) is 3.64. The van der Waals surface area contributed by atoms with Crippen molar-refractivity contribution in [2.45, 2.75) is 20.3 Å². The first-order valence-corrected chi connectivity index (χ1v) is 3.64. The van der Waals surface area contributed by atoms with E-state index in [1.165, 1.54) is 0 Å². The van der Waals surface area contributed by atoms with Gasteiger partial charge in [0, 0.05) is 11.6 Å². The quantitative estimate of drug-likeness (QED) is 0.412. The summed E-state index contributed by atoms with van der Waals surface area (Å²) in [6.45, 7) is 4.25. The van der Waals surface area contributed by atoms with Gasteiger partial charge in [0.15, 0.2) is 5.84 Å². The molecule has 1 rings (SSSR count). The van der Waals surface area contributed by atoms with Crippen molar-refractivity contribution in [3.8, 4) is 0 Å². The summed E-state index contributed by atoms with van der Waals surface area (Å²) in [5.41, 5.74) is 0.128. The van der Waals surface area contributed by atoms with Crippen molar-refractivity contribution in [1.82, 2.24) is 0 Å². The van der Waals surface area contributed by atoms with Gasteiger partial charge >= 0.3 is 0 Å². The van der Waals surface area contributed by atoms with Gasteiger partial charge in [-0.1, -0.05) is 19.9 Å². The molecule has 0 aromatic carbocycles. The van der Waals surface area contributed by atoms with Gasteiger partial charge in [-0.25, -0.2) is 4.99 Å². The van der Waals surface area contributed by atoms with E-state index in [2.05, 4.69) is 23.9 Å². The SMILES string of the molecule is CC1(C)C=N/C(=N\N)C=CC1. The molecule has 0 aromatic rings. The fraction of sp³-hybridized carbons (Fsp3) is 0.500. The molecule has 0 saturated heterocycles. The van der Waals surface area contributed by atoms with Gasteiger partial charge in [-0.3, -0.25) is 0 Å². The Balaban J connectivity index is 2.86. The average Bonchev–Trinajstić information content (AvgIpc) is 2.10. The van der Waals surface area contributed by atoms with Gasteiger partial charge in [-0.2, -0.15) is 5.10 Å². The Morgan fingerprint density at radius 2 is 2.36 bits per heavy atom. The van der Waals surface area contributed by atoms with Crippen LogP contribution < -0.4 is 5.84 Å². The molecule has 11 heavy (non-hydrogen) atoms. The van der Waals surface area contributed by atoms with Gasteiger partial charge < -0.3 is 5.84 Å². The zero-order valence-corrected chi connectivity index (χ0v) is 6.91. The molecule has 1 heterocycles. The lowest BCUT2D eigenvalue weighted by Crippen LogP contribution is -2.10. The number of aliphatic imine (C=N–C) groups is 1. The summed E-state index contributed by atoms with van der Waals surface area (Å²) in [6, 6.07) is 0. The van der Waals surface area contributed by atoms with E-state index in [0.717, 1.165) is 6.42 Å². The van der Waals surface area contributed by atoms with Crippen LogP contribution in [0.4, 0.5) is 0 Å². The Hall–Kier alpha value is -1.12. The van der Waals surface area contributed by atoms with E-state index in [0.29, 0.717) is 5.84 Å². The van der Waals surface area contributed by atoms with E-state index in [9.17, 15) is 0 Å². The molecule has 0 aromatic heterocycles. The normalized spacial score (nSPS) is 25.5. The first kappa shape index (κ1) is 7.98. The number of hydrogen-bond acceptors (Lipinski definition) is 2. The maximum Gasteiger partial charge on any atom is 0.170 e. The van der Waals surface area contributed by atoms with Crippen LogP contribution >= 0.6 is 0 Å². The third kappa shape index (κ3) is 2.18. The zero-order valence-electron chi connectivity index (χ0n) is 6.91. The van der Waals surface area contributed by atoms with Crippen molar-refractivity contribution in [1.29, 1.82) is 0 Å². The summed E-state index contributed by atoms with van der Waals surface area (Å²) < 4.78 is 0. The van der Waals surface area contributed by atoms with Crippen molar-refractivity contribution in [2.75, 3.05) is 0 Å². The van der Waals surface area contributed by atoms with Crippen LogP contribution in [0.3, 0.4) is 0 Å². The van der Waals surface area contributed by atoms with E-state index >= 15 is 0 Å².